The van der Waals surface area contributed by atoms with Crippen LogP contribution in [0.2, 0.25) is 0 Å². The Morgan fingerprint density at radius 1 is 1.00 bits per heavy atom. The van der Waals surface area contributed by atoms with Crippen molar-refractivity contribution < 1.29 is 0 Å². The first-order valence-electron chi connectivity index (χ1n) is 6.65. The minimum Gasteiger partial charge on any atom is -0.303 e. The number of unbranched alkanes of at least 4 members (excludes halogenated alkanes) is 3. The highest BCUT2D eigenvalue weighted by Gasteiger charge is 2.16. The molecule has 1 rings (SSSR count). The third-order valence-corrected chi connectivity index (χ3v) is 3.93. The lowest BCUT2D eigenvalue weighted by atomic mass is 9.94. The van der Waals surface area contributed by atoms with Crippen LogP contribution in [0.5, 0.6) is 0 Å². The van der Waals surface area contributed by atoms with Crippen LogP contribution in [0.1, 0.15) is 57.8 Å². The number of hydrogen-bond acceptors (Lipinski definition) is 2. The van der Waals surface area contributed by atoms with Crippen molar-refractivity contribution in [2.45, 2.75) is 63.8 Å². The molecule has 0 radical (unpaired) electrons. The topological polar surface area (TPSA) is 3.24 Å². The summed E-state index contributed by atoms with van der Waals surface area (Å²) >= 11 is 4.24. The molecule has 0 spiro atoms. The smallest absolute Gasteiger partial charge is 0.00922 e. The Morgan fingerprint density at radius 2 is 1.67 bits per heavy atom. The van der Waals surface area contributed by atoms with Gasteiger partial charge in [-0.05, 0) is 45.0 Å². The first-order valence-corrected chi connectivity index (χ1v) is 7.29. The zero-order valence-corrected chi connectivity index (χ0v) is 11.1. The molecule has 2 heteroatoms. The molecular weight excluding hydrogens is 202 g/mol. The minimum absolute atomic E-state index is 0.892. The first kappa shape index (κ1) is 13.4. The summed E-state index contributed by atoms with van der Waals surface area (Å²) in [5, 5.41) is 0. The van der Waals surface area contributed by atoms with E-state index in [1.54, 1.807) is 0 Å². The predicted octanol–water partition coefficient (Wildman–Crippen LogP) is 3.74. The Bertz CT molecular complexity index is 143. The molecule has 0 N–H and O–H groups in total. The van der Waals surface area contributed by atoms with E-state index in [4.69, 9.17) is 0 Å². The second-order valence-electron chi connectivity index (χ2n) is 4.91. The monoisotopic (exact) mass is 229 g/mol. The SMILES string of the molecule is CN(CCCCCCS)C1CCCCC1. The normalized spacial score (nSPS) is 18.6. The Balaban J connectivity index is 1.99. The third kappa shape index (κ3) is 5.82. The molecule has 1 nitrogen and oxygen atoms in total. The molecule has 1 aliphatic carbocycles. The maximum absolute atomic E-state index is 4.24. The molecule has 1 fully saturated rings. The molecule has 15 heavy (non-hydrogen) atoms. The number of nitrogens with zero attached hydrogens (tertiary/aromatic N) is 1. The van der Waals surface area contributed by atoms with Crippen LogP contribution in [0.25, 0.3) is 0 Å². The number of rotatable bonds is 7. The molecule has 0 aliphatic heterocycles. The van der Waals surface area contributed by atoms with Crippen LogP contribution in [-0.4, -0.2) is 30.3 Å². The van der Waals surface area contributed by atoms with Crippen LogP contribution >= 0.6 is 12.6 Å². The third-order valence-electron chi connectivity index (χ3n) is 3.62. The molecule has 0 aromatic heterocycles. The largest absolute Gasteiger partial charge is 0.303 e. The van der Waals surface area contributed by atoms with Crippen molar-refractivity contribution in [3.63, 3.8) is 0 Å². The molecular formula is C13H27NS. The van der Waals surface area contributed by atoms with Crippen LogP contribution in [-0.2, 0) is 0 Å². The molecule has 0 saturated heterocycles. The van der Waals surface area contributed by atoms with E-state index in [0.717, 1.165) is 11.8 Å². The molecule has 0 aromatic carbocycles. The molecule has 1 aliphatic rings. The molecule has 0 amide bonds. The van der Waals surface area contributed by atoms with E-state index in [2.05, 4.69) is 24.6 Å². The van der Waals surface area contributed by atoms with E-state index < -0.39 is 0 Å². The van der Waals surface area contributed by atoms with E-state index in [1.807, 2.05) is 0 Å². The predicted molar refractivity (Wildman–Crippen MR) is 71.8 cm³/mol. The summed E-state index contributed by atoms with van der Waals surface area (Å²) < 4.78 is 0. The van der Waals surface area contributed by atoms with Crippen LogP contribution < -0.4 is 0 Å². The molecule has 1 saturated carbocycles. The van der Waals surface area contributed by atoms with E-state index in [9.17, 15) is 0 Å². The Labute approximate surface area is 101 Å². The van der Waals surface area contributed by atoms with Gasteiger partial charge in [0, 0.05) is 6.04 Å². The lowest BCUT2D eigenvalue weighted by Crippen LogP contribution is -2.34. The minimum atomic E-state index is 0.892. The van der Waals surface area contributed by atoms with Gasteiger partial charge in [0.15, 0.2) is 0 Å². The van der Waals surface area contributed by atoms with Gasteiger partial charge in [0.2, 0.25) is 0 Å². The van der Waals surface area contributed by atoms with Gasteiger partial charge < -0.3 is 4.90 Å². The van der Waals surface area contributed by atoms with Gasteiger partial charge in [0.05, 0.1) is 0 Å². The van der Waals surface area contributed by atoms with Crippen LogP contribution in [0.15, 0.2) is 0 Å². The first-order chi connectivity index (χ1) is 7.34. The maximum Gasteiger partial charge on any atom is 0.00922 e. The van der Waals surface area contributed by atoms with Crippen molar-refractivity contribution in [2.24, 2.45) is 0 Å². The number of hydrogen-bond donors (Lipinski definition) is 1. The van der Waals surface area contributed by atoms with Gasteiger partial charge in [0.25, 0.3) is 0 Å². The summed E-state index contributed by atoms with van der Waals surface area (Å²) in [6, 6.07) is 0.892. The van der Waals surface area contributed by atoms with Crippen molar-refractivity contribution in [3.05, 3.63) is 0 Å². The molecule has 0 bridgehead atoms. The Hall–Kier alpha value is 0.310. The fourth-order valence-corrected chi connectivity index (χ4v) is 2.75. The van der Waals surface area contributed by atoms with Crippen molar-refractivity contribution in [2.75, 3.05) is 19.3 Å². The highest BCUT2D eigenvalue weighted by atomic mass is 32.1. The fraction of sp³-hybridized carbons (Fsp3) is 1.00. The average Bonchev–Trinajstić information content (AvgIpc) is 2.30. The molecule has 90 valence electrons. The van der Waals surface area contributed by atoms with Crippen LogP contribution in [0, 0.1) is 0 Å². The molecule has 0 aromatic rings. The van der Waals surface area contributed by atoms with E-state index in [0.29, 0.717) is 0 Å². The maximum atomic E-state index is 4.24. The lowest BCUT2D eigenvalue weighted by molar-refractivity contribution is 0.188. The summed E-state index contributed by atoms with van der Waals surface area (Å²) in [6.45, 7) is 1.30. The van der Waals surface area contributed by atoms with Gasteiger partial charge in [-0.25, -0.2) is 0 Å². The van der Waals surface area contributed by atoms with Crippen molar-refractivity contribution in [1.82, 2.24) is 4.90 Å². The molecule has 0 atom stereocenters. The van der Waals surface area contributed by atoms with E-state index in [1.165, 1.54) is 64.3 Å². The highest BCUT2D eigenvalue weighted by Crippen LogP contribution is 2.21. The number of thiol groups is 1. The summed E-state index contributed by atoms with van der Waals surface area (Å²) in [5.74, 6) is 1.05. The van der Waals surface area contributed by atoms with Crippen LogP contribution in [0.4, 0.5) is 0 Å². The molecule has 0 heterocycles. The lowest BCUT2D eigenvalue weighted by Gasteiger charge is -2.31. The van der Waals surface area contributed by atoms with Gasteiger partial charge >= 0.3 is 0 Å². The second kappa shape index (κ2) is 8.46. The zero-order valence-electron chi connectivity index (χ0n) is 10.2. The van der Waals surface area contributed by atoms with Gasteiger partial charge in [0.1, 0.15) is 0 Å². The quantitative estimate of drug-likeness (QED) is 0.514. The summed E-state index contributed by atoms with van der Waals surface area (Å²) in [5.41, 5.74) is 0. The van der Waals surface area contributed by atoms with Gasteiger partial charge in [-0.3, -0.25) is 0 Å². The summed E-state index contributed by atoms with van der Waals surface area (Å²) in [7, 11) is 2.31. The zero-order chi connectivity index (χ0) is 10.9. The van der Waals surface area contributed by atoms with E-state index in [-0.39, 0.29) is 0 Å². The van der Waals surface area contributed by atoms with Crippen molar-refractivity contribution in [3.8, 4) is 0 Å². The standard InChI is InChI=1S/C13H27NS/c1-14(11-7-2-3-8-12-15)13-9-5-4-6-10-13/h13,15H,2-12H2,1H3. The van der Waals surface area contributed by atoms with Gasteiger partial charge in [-0.15, -0.1) is 0 Å². The van der Waals surface area contributed by atoms with Crippen LogP contribution in [0.3, 0.4) is 0 Å². The van der Waals surface area contributed by atoms with Gasteiger partial charge in [-0.2, -0.15) is 12.6 Å². The Kier molecular flexibility index (Phi) is 7.54. The van der Waals surface area contributed by atoms with E-state index >= 15 is 0 Å². The highest BCUT2D eigenvalue weighted by molar-refractivity contribution is 7.80. The van der Waals surface area contributed by atoms with Crippen molar-refractivity contribution in [1.29, 1.82) is 0 Å². The second-order valence-corrected chi connectivity index (χ2v) is 5.36. The fourth-order valence-electron chi connectivity index (χ4n) is 2.53. The summed E-state index contributed by atoms with van der Waals surface area (Å²) in [6.07, 6.45) is 12.7. The van der Waals surface area contributed by atoms with Crippen molar-refractivity contribution >= 4 is 12.6 Å². The molecule has 0 unspecified atom stereocenters. The summed E-state index contributed by atoms with van der Waals surface area (Å²) in [4.78, 5) is 2.60. The Morgan fingerprint density at radius 3 is 2.33 bits per heavy atom. The van der Waals surface area contributed by atoms with Gasteiger partial charge in [-0.1, -0.05) is 32.1 Å². The average molecular weight is 229 g/mol.